The molecule has 2 heterocycles. The molecule has 0 spiro atoms. The molecule has 138 valence electrons. The molecule has 3 aromatic rings. The smallest absolute Gasteiger partial charge is 0.0974 e. The molecule has 2 heteroatoms. The third-order valence-electron chi connectivity index (χ3n) is 5.15. The predicted octanol–water partition coefficient (Wildman–Crippen LogP) is 6.89. The molecule has 1 aromatic carbocycles. The van der Waals surface area contributed by atoms with Gasteiger partial charge in [-0.1, -0.05) is 61.7 Å². The zero-order valence-electron chi connectivity index (χ0n) is 16.5. The van der Waals surface area contributed by atoms with E-state index in [1.165, 1.54) is 11.1 Å². The minimum atomic E-state index is 0.939. The van der Waals surface area contributed by atoms with Crippen molar-refractivity contribution in [2.75, 3.05) is 0 Å². The number of aromatic nitrogens is 2. The Bertz CT molecular complexity index is 1210. The predicted molar refractivity (Wildman–Crippen MR) is 121 cm³/mol. The molecule has 0 aliphatic heterocycles. The fraction of sp³-hybridized carbons (Fsp3) is 0.154. The molecule has 0 atom stereocenters. The van der Waals surface area contributed by atoms with Crippen molar-refractivity contribution in [1.82, 2.24) is 9.97 Å². The molecule has 2 aromatic heterocycles. The summed E-state index contributed by atoms with van der Waals surface area (Å²) in [4.78, 5) is 9.77. The summed E-state index contributed by atoms with van der Waals surface area (Å²) < 4.78 is 0. The van der Waals surface area contributed by atoms with Crippen molar-refractivity contribution < 1.29 is 0 Å². The Balaban J connectivity index is 2.09. The first-order chi connectivity index (χ1) is 13.6. The highest BCUT2D eigenvalue weighted by atomic mass is 14.8. The largest absolute Gasteiger partial charge is 0.251 e. The second-order valence-corrected chi connectivity index (χ2v) is 7.18. The first-order valence-corrected chi connectivity index (χ1v) is 9.66. The van der Waals surface area contributed by atoms with Crippen molar-refractivity contribution in [1.29, 1.82) is 0 Å². The maximum absolute atomic E-state index is 4.89. The molecular formula is C26H24N2. The standard InChI is InChI=1S/C26H24N2/c1-5-10-19(6-2)23-15-17(3)27-25-21(23)13-14-22-24(16-18(4)28-26(22)25)20-11-8-7-9-12-20/h5-6,8,10-16H,1-2,7,9H2,3-4H3/b19-10+. The van der Waals surface area contributed by atoms with Gasteiger partial charge in [0, 0.05) is 22.2 Å². The molecule has 0 unspecified atom stereocenters. The van der Waals surface area contributed by atoms with Gasteiger partial charge in [-0.2, -0.15) is 0 Å². The van der Waals surface area contributed by atoms with E-state index in [0.717, 1.165) is 57.2 Å². The second kappa shape index (κ2) is 7.40. The van der Waals surface area contributed by atoms with E-state index in [2.05, 4.69) is 62.6 Å². The van der Waals surface area contributed by atoms with E-state index < -0.39 is 0 Å². The van der Waals surface area contributed by atoms with Crippen molar-refractivity contribution in [3.8, 4) is 0 Å². The highest BCUT2D eigenvalue weighted by molar-refractivity contribution is 6.10. The Hall–Kier alpha value is -3.26. The quantitative estimate of drug-likeness (QED) is 0.372. The van der Waals surface area contributed by atoms with Gasteiger partial charge in [0.15, 0.2) is 0 Å². The second-order valence-electron chi connectivity index (χ2n) is 7.18. The van der Waals surface area contributed by atoms with Crippen LogP contribution in [0, 0.1) is 13.8 Å². The zero-order valence-corrected chi connectivity index (χ0v) is 16.5. The van der Waals surface area contributed by atoms with Crippen LogP contribution in [-0.4, -0.2) is 9.97 Å². The zero-order chi connectivity index (χ0) is 19.7. The van der Waals surface area contributed by atoms with Crippen molar-refractivity contribution in [3.05, 3.63) is 96.4 Å². The van der Waals surface area contributed by atoms with Crippen LogP contribution in [0.2, 0.25) is 0 Å². The lowest BCUT2D eigenvalue weighted by Gasteiger charge is -2.15. The number of aryl methyl sites for hydroxylation is 2. The van der Waals surface area contributed by atoms with Gasteiger partial charge in [-0.25, -0.2) is 0 Å². The summed E-state index contributed by atoms with van der Waals surface area (Å²) in [5, 5.41) is 2.23. The molecule has 0 bridgehead atoms. The Labute approximate surface area is 166 Å². The molecular weight excluding hydrogens is 340 g/mol. The lowest BCUT2D eigenvalue weighted by molar-refractivity contribution is 1.04. The molecule has 0 saturated carbocycles. The molecule has 1 aliphatic rings. The summed E-state index contributed by atoms with van der Waals surface area (Å²) in [6.45, 7) is 11.9. The number of hydrogen-bond acceptors (Lipinski definition) is 2. The Morgan fingerprint density at radius 3 is 2.36 bits per heavy atom. The van der Waals surface area contributed by atoms with E-state index in [1.807, 2.05) is 19.1 Å². The number of allylic oxidation sites excluding steroid dienone is 8. The summed E-state index contributed by atoms with van der Waals surface area (Å²) in [5.74, 6) is 0. The van der Waals surface area contributed by atoms with Crippen LogP contribution in [0.3, 0.4) is 0 Å². The Kier molecular flexibility index (Phi) is 4.79. The van der Waals surface area contributed by atoms with Gasteiger partial charge in [0.2, 0.25) is 0 Å². The average Bonchev–Trinajstić information content (AvgIpc) is 2.71. The number of nitrogens with zero attached hydrogens (tertiary/aromatic N) is 2. The van der Waals surface area contributed by atoms with Crippen LogP contribution in [0.15, 0.2) is 73.9 Å². The van der Waals surface area contributed by atoms with Gasteiger partial charge in [0.25, 0.3) is 0 Å². The van der Waals surface area contributed by atoms with Gasteiger partial charge >= 0.3 is 0 Å². The number of benzene rings is 1. The van der Waals surface area contributed by atoms with E-state index in [1.54, 1.807) is 6.08 Å². The minimum Gasteiger partial charge on any atom is -0.251 e. The van der Waals surface area contributed by atoms with Gasteiger partial charge in [-0.05, 0) is 61.1 Å². The number of fused-ring (bicyclic) bond motifs is 3. The van der Waals surface area contributed by atoms with Crippen LogP contribution in [-0.2, 0) is 0 Å². The molecule has 0 fully saturated rings. The monoisotopic (exact) mass is 364 g/mol. The fourth-order valence-corrected chi connectivity index (χ4v) is 3.92. The summed E-state index contributed by atoms with van der Waals surface area (Å²) >= 11 is 0. The first-order valence-electron chi connectivity index (χ1n) is 9.66. The molecule has 4 rings (SSSR count). The summed E-state index contributed by atoms with van der Waals surface area (Å²) in [6, 6.07) is 8.62. The Morgan fingerprint density at radius 1 is 0.964 bits per heavy atom. The highest BCUT2D eigenvalue weighted by Crippen LogP contribution is 2.34. The molecule has 0 N–H and O–H groups in total. The Morgan fingerprint density at radius 2 is 1.68 bits per heavy atom. The van der Waals surface area contributed by atoms with Gasteiger partial charge < -0.3 is 0 Å². The molecule has 28 heavy (non-hydrogen) atoms. The van der Waals surface area contributed by atoms with Crippen LogP contribution >= 0.6 is 0 Å². The first kappa shape index (κ1) is 18.1. The lowest BCUT2D eigenvalue weighted by Crippen LogP contribution is -1.97. The molecule has 0 radical (unpaired) electrons. The number of pyridine rings is 2. The van der Waals surface area contributed by atoms with E-state index in [0.29, 0.717) is 0 Å². The maximum Gasteiger partial charge on any atom is 0.0974 e. The third-order valence-corrected chi connectivity index (χ3v) is 5.15. The summed E-state index contributed by atoms with van der Waals surface area (Å²) in [7, 11) is 0. The van der Waals surface area contributed by atoms with Crippen molar-refractivity contribution in [2.45, 2.75) is 26.7 Å². The normalized spacial score (nSPS) is 14.4. The van der Waals surface area contributed by atoms with Gasteiger partial charge in [0.05, 0.1) is 11.0 Å². The average molecular weight is 364 g/mol. The molecule has 2 nitrogen and oxygen atoms in total. The van der Waals surface area contributed by atoms with Crippen molar-refractivity contribution in [2.24, 2.45) is 0 Å². The fourth-order valence-electron chi connectivity index (χ4n) is 3.92. The van der Waals surface area contributed by atoms with Crippen LogP contribution < -0.4 is 0 Å². The van der Waals surface area contributed by atoms with Gasteiger partial charge in [-0.15, -0.1) is 0 Å². The van der Waals surface area contributed by atoms with Crippen LogP contribution in [0.5, 0.6) is 0 Å². The highest BCUT2D eigenvalue weighted by Gasteiger charge is 2.15. The van der Waals surface area contributed by atoms with E-state index >= 15 is 0 Å². The maximum atomic E-state index is 4.89. The van der Waals surface area contributed by atoms with E-state index in [-0.39, 0.29) is 0 Å². The number of rotatable bonds is 4. The van der Waals surface area contributed by atoms with E-state index in [4.69, 9.17) is 9.97 Å². The van der Waals surface area contributed by atoms with Crippen molar-refractivity contribution >= 4 is 33.0 Å². The third kappa shape index (κ3) is 3.11. The van der Waals surface area contributed by atoms with Crippen molar-refractivity contribution in [3.63, 3.8) is 0 Å². The SMILES string of the molecule is C=C/C=C(\C=C)c1cc(C)nc2c1ccc1c(C3=CCCC=C3)cc(C)nc12. The molecule has 0 saturated heterocycles. The molecule has 1 aliphatic carbocycles. The lowest BCUT2D eigenvalue weighted by atomic mass is 9.93. The number of hydrogen-bond donors (Lipinski definition) is 0. The van der Waals surface area contributed by atoms with E-state index in [9.17, 15) is 0 Å². The minimum absolute atomic E-state index is 0.939. The summed E-state index contributed by atoms with van der Waals surface area (Å²) in [6.07, 6.45) is 14.6. The van der Waals surface area contributed by atoms with Crippen LogP contribution in [0.4, 0.5) is 0 Å². The van der Waals surface area contributed by atoms with Gasteiger partial charge in [-0.3, -0.25) is 9.97 Å². The summed E-state index contributed by atoms with van der Waals surface area (Å²) in [5.41, 5.74) is 8.52. The van der Waals surface area contributed by atoms with Crippen LogP contribution in [0.25, 0.3) is 33.0 Å². The van der Waals surface area contributed by atoms with Crippen LogP contribution in [0.1, 0.15) is 35.4 Å². The molecule has 0 amide bonds. The van der Waals surface area contributed by atoms with Gasteiger partial charge in [0.1, 0.15) is 0 Å². The topological polar surface area (TPSA) is 25.8 Å².